The molecule has 0 radical (unpaired) electrons. The third kappa shape index (κ3) is 2.69. The van der Waals surface area contributed by atoms with Gasteiger partial charge in [0.25, 0.3) is 11.1 Å². The Balaban J connectivity index is 2.08. The Labute approximate surface area is 146 Å². The molecule has 1 saturated heterocycles. The molecule has 124 valence electrons. The molecule has 24 heavy (non-hydrogen) atoms. The lowest BCUT2D eigenvalue weighted by molar-refractivity contribution is -0.121. The molecule has 0 atom stereocenters. The number of thioether (sulfide) groups is 1. The van der Waals surface area contributed by atoms with Crippen LogP contribution in [0.2, 0.25) is 0 Å². The summed E-state index contributed by atoms with van der Waals surface area (Å²) >= 11 is 0.993. The van der Waals surface area contributed by atoms with Crippen molar-refractivity contribution in [1.82, 2.24) is 9.47 Å². The second kappa shape index (κ2) is 6.32. The molecule has 2 aromatic rings. The Kier molecular flexibility index (Phi) is 4.37. The molecule has 4 nitrogen and oxygen atoms in total. The van der Waals surface area contributed by atoms with Gasteiger partial charge in [0.1, 0.15) is 0 Å². The molecule has 2 heterocycles. The number of aryl methyl sites for hydroxylation is 2. The highest BCUT2D eigenvalue weighted by Gasteiger charge is 2.32. The van der Waals surface area contributed by atoms with Gasteiger partial charge in [-0.15, -0.1) is 0 Å². The lowest BCUT2D eigenvalue weighted by Gasteiger charge is -2.14. The van der Waals surface area contributed by atoms with Crippen molar-refractivity contribution in [3.05, 3.63) is 57.8 Å². The van der Waals surface area contributed by atoms with Crippen molar-refractivity contribution >= 4 is 29.0 Å². The maximum absolute atomic E-state index is 12.1. The average molecular weight is 340 g/mol. The molecule has 0 N–H and O–H groups in total. The van der Waals surface area contributed by atoms with Crippen molar-refractivity contribution in [2.45, 2.75) is 27.2 Å². The van der Waals surface area contributed by atoms with Gasteiger partial charge in [0.2, 0.25) is 0 Å². The van der Waals surface area contributed by atoms with Crippen LogP contribution in [0.4, 0.5) is 4.79 Å². The summed E-state index contributed by atoms with van der Waals surface area (Å²) in [6, 6.07) is 10.4. The van der Waals surface area contributed by atoms with E-state index in [4.69, 9.17) is 0 Å². The van der Waals surface area contributed by atoms with Crippen molar-refractivity contribution in [3.8, 4) is 5.69 Å². The van der Waals surface area contributed by atoms with Crippen LogP contribution in [0, 0.1) is 13.8 Å². The molecular weight excluding hydrogens is 320 g/mol. The lowest BCUT2D eigenvalue weighted by atomic mass is 10.1. The van der Waals surface area contributed by atoms with Gasteiger partial charge in [-0.25, -0.2) is 0 Å². The maximum atomic E-state index is 12.1. The summed E-state index contributed by atoms with van der Waals surface area (Å²) in [5, 5.41) is -0.226. The molecule has 1 aliphatic rings. The van der Waals surface area contributed by atoms with E-state index in [9.17, 15) is 9.59 Å². The Bertz CT molecular complexity index is 864. The number of hydrogen-bond acceptors (Lipinski definition) is 3. The molecule has 2 amide bonds. The number of carbonyl (C=O) groups is 2. The highest BCUT2D eigenvalue weighted by atomic mass is 32.2. The topological polar surface area (TPSA) is 42.3 Å². The van der Waals surface area contributed by atoms with Gasteiger partial charge in [-0.2, -0.15) is 0 Å². The molecule has 0 bridgehead atoms. The Hall–Kier alpha value is -2.27. The number of imide groups is 1. The van der Waals surface area contributed by atoms with Crippen molar-refractivity contribution in [2.24, 2.45) is 0 Å². The van der Waals surface area contributed by atoms with Crippen LogP contribution in [0.5, 0.6) is 0 Å². The lowest BCUT2D eigenvalue weighted by Crippen LogP contribution is -2.22. The summed E-state index contributed by atoms with van der Waals surface area (Å²) in [6.07, 6.45) is 2.78. The van der Waals surface area contributed by atoms with Crippen LogP contribution in [0.1, 0.15) is 29.4 Å². The van der Waals surface area contributed by atoms with E-state index in [1.165, 1.54) is 18.3 Å². The van der Waals surface area contributed by atoms with Crippen molar-refractivity contribution in [3.63, 3.8) is 0 Å². The second-order valence-corrected chi connectivity index (χ2v) is 6.88. The van der Waals surface area contributed by atoms with Crippen LogP contribution < -0.4 is 0 Å². The Morgan fingerprint density at radius 3 is 2.50 bits per heavy atom. The van der Waals surface area contributed by atoms with E-state index in [-0.39, 0.29) is 11.1 Å². The van der Waals surface area contributed by atoms with Gasteiger partial charge in [-0.3, -0.25) is 14.5 Å². The molecule has 1 aromatic carbocycles. The fraction of sp³-hybridized carbons (Fsp3) is 0.263. The van der Waals surface area contributed by atoms with Gasteiger partial charge in [0.05, 0.1) is 4.91 Å². The second-order valence-electron chi connectivity index (χ2n) is 5.88. The number of amides is 2. The summed E-state index contributed by atoms with van der Waals surface area (Å²) in [6.45, 7) is 6.25. The first-order valence-electron chi connectivity index (χ1n) is 7.92. The van der Waals surface area contributed by atoms with Gasteiger partial charge < -0.3 is 4.57 Å². The minimum atomic E-state index is -0.233. The average Bonchev–Trinajstić information content (AvgIpc) is 2.98. The Morgan fingerprint density at radius 1 is 1.17 bits per heavy atom. The first-order valence-corrected chi connectivity index (χ1v) is 8.74. The molecule has 1 fully saturated rings. The van der Waals surface area contributed by atoms with E-state index >= 15 is 0 Å². The standard InChI is InChI=1S/C19H20N2O2S/c1-5-14-8-6-7-9-16(14)21-12(2)10-15(13(21)3)11-17-18(22)20(4)19(23)24-17/h6-11H,5H2,1-4H3/b17-11+. The van der Waals surface area contributed by atoms with Gasteiger partial charge in [0, 0.05) is 24.1 Å². The number of hydrogen-bond donors (Lipinski definition) is 0. The SMILES string of the molecule is CCc1ccccc1-n1c(C)cc(/C=C2/SC(=O)N(C)C2=O)c1C. The van der Waals surface area contributed by atoms with E-state index < -0.39 is 0 Å². The predicted molar refractivity (Wildman–Crippen MR) is 98.4 cm³/mol. The van der Waals surface area contributed by atoms with E-state index in [0.717, 1.165) is 40.0 Å². The third-order valence-electron chi connectivity index (χ3n) is 4.36. The zero-order valence-electron chi connectivity index (χ0n) is 14.3. The number of benzene rings is 1. The number of aromatic nitrogens is 1. The molecule has 3 rings (SSSR count). The van der Waals surface area contributed by atoms with Gasteiger partial charge >= 0.3 is 0 Å². The van der Waals surface area contributed by atoms with Gasteiger partial charge in [-0.05, 0) is 61.4 Å². The zero-order chi connectivity index (χ0) is 17.4. The van der Waals surface area contributed by atoms with E-state index in [0.29, 0.717) is 4.91 Å². The molecule has 0 spiro atoms. The minimum absolute atomic E-state index is 0.226. The smallest absolute Gasteiger partial charge is 0.293 e. The summed E-state index contributed by atoms with van der Waals surface area (Å²) in [5.41, 5.74) is 5.59. The quantitative estimate of drug-likeness (QED) is 0.781. The van der Waals surface area contributed by atoms with Crippen molar-refractivity contribution in [1.29, 1.82) is 0 Å². The number of likely N-dealkylation sites (N-methyl/N-ethyl adjacent to an activating group) is 1. The van der Waals surface area contributed by atoms with Crippen LogP contribution >= 0.6 is 11.8 Å². The normalized spacial score (nSPS) is 16.5. The number of para-hydroxylation sites is 1. The van der Waals surface area contributed by atoms with E-state index in [2.05, 4.69) is 42.7 Å². The van der Waals surface area contributed by atoms with Crippen LogP contribution in [0.3, 0.4) is 0 Å². The van der Waals surface area contributed by atoms with Crippen LogP contribution in [-0.4, -0.2) is 27.7 Å². The minimum Gasteiger partial charge on any atom is -0.318 e. The summed E-state index contributed by atoms with van der Waals surface area (Å²) < 4.78 is 2.21. The van der Waals surface area contributed by atoms with Crippen LogP contribution in [0.15, 0.2) is 35.2 Å². The van der Waals surface area contributed by atoms with Gasteiger partial charge in [0.15, 0.2) is 0 Å². The van der Waals surface area contributed by atoms with Crippen LogP contribution in [0.25, 0.3) is 11.8 Å². The number of rotatable bonds is 3. The zero-order valence-corrected chi connectivity index (χ0v) is 15.1. The molecule has 1 aliphatic heterocycles. The van der Waals surface area contributed by atoms with Crippen molar-refractivity contribution in [2.75, 3.05) is 7.05 Å². The largest absolute Gasteiger partial charge is 0.318 e. The first-order chi connectivity index (χ1) is 11.4. The fourth-order valence-electron chi connectivity index (χ4n) is 3.02. The Morgan fingerprint density at radius 2 is 1.88 bits per heavy atom. The molecule has 0 unspecified atom stereocenters. The molecule has 0 aliphatic carbocycles. The fourth-order valence-corrected chi connectivity index (χ4v) is 3.84. The highest BCUT2D eigenvalue weighted by molar-refractivity contribution is 8.18. The summed E-state index contributed by atoms with van der Waals surface area (Å²) in [7, 11) is 1.51. The van der Waals surface area contributed by atoms with E-state index in [1.807, 2.05) is 19.1 Å². The van der Waals surface area contributed by atoms with Crippen LogP contribution in [-0.2, 0) is 11.2 Å². The predicted octanol–water partition coefficient (Wildman–Crippen LogP) is 4.32. The molecular formula is C19H20N2O2S. The monoisotopic (exact) mass is 340 g/mol. The number of carbonyl (C=O) groups excluding carboxylic acids is 2. The van der Waals surface area contributed by atoms with Gasteiger partial charge in [-0.1, -0.05) is 25.1 Å². The molecule has 1 aromatic heterocycles. The maximum Gasteiger partial charge on any atom is 0.293 e. The third-order valence-corrected chi connectivity index (χ3v) is 5.32. The summed E-state index contributed by atoms with van der Waals surface area (Å²) in [4.78, 5) is 25.4. The molecule has 0 saturated carbocycles. The van der Waals surface area contributed by atoms with Crippen molar-refractivity contribution < 1.29 is 9.59 Å². The first kappa shape index (κ1) is 16.6. The van der Waals surface area contributed by atoms with E-state index in [1.54, 1.807) is 0 Å². The summed E-state index contributed by atoms with van der Waals surface area (Å²) in [5.74, 6) is -0.233. The molecule has 5 heteroatoms. The highest BCUT2D eigenvalue weighted by Crippen LogP contribution is 2.33. The number of nitrogens with zero attached hydrogens (tertiary/aromatic N) is 2.